The molecule has 1 amide bonds. The van der Waals surface area contributed by atoms with Crippen LogP contribution < -0.4 is 5.32 Å². The predicted octanol–water partition coefficient (Wildman–Crippen LogP) is 0.135. The van der Waals surface area contributed by atoms with E-state index in [1.165, 1.54) is 14.0 Å². The highest BCUT2D eigenvalue weighted by Crippen LogP contribution is 1.98. The van der Waals surface area contributed by atoms with Gasteiger partial charge in [0.15, 0.2) is 0 Å². The fraction of sp³-hybridized carbons (Fsp3) is 0.667. The van der Waals surface area contributed by atoms with E-state index in [-0.39, 0.29) is 11.6 Å². The largest absolute Gasteiger partial charge is 0.467 e. The number of carbonyl (C=O) groups excluding carboxylic acids is 2. The number of ether oxygens (including phenoxy) is 1. The van der Waals surface area contributed by atoms with E-state index in [2.05, 4.69) is 14.8 Å². The minimum Gasteiger partial charge on any atom is -0.467 e. The maximum atomic E-state index is 11.3. The summed E-state index contributed by atoms with van der Waals surface area (Å²) in [6.45, 7) is 3.14. The van der Waals surface area contributed by atoms with Gasteiger partial charge in [-0.15, -0.1) is 0 Å². The van der Waals surface area contributed by atoms with Crippen molar-refractivity contribution in [3.63, 3.8) is 0 Å². The van der Waals surface area contributed by atoms with Crippen molar-refractivity contribution < 1.29 is 19.1 Å². The van der Waals surface area contributed by atoms with Crippen molar-refractivity contribution in [2.24, 2.45) is 0 Å². The molecule has 0 saturated carbocycles. The Kier molecular flexibility index (Phi) is 5.97. The molecule has 0 bridgehead atoms. The molecule has 0 aliphatic carbocycles. The second-order valence-corrected chi connectivity index (χ2v) is 3.00. The Labute approximate surface area is 88.2 Å². The molecule has 0 unspecified atom stereocenters. The van der Waals surface area contributed by atoms with Gasteiger partial charge >= 0.3 is 11.7 Å². The normalized spacial score (nSPS) is 11.1. The third kappa shape index (κ3) is 4.37. The Morgan fingerprint density at radius 1 is 1.53 bits per heavy atom. The summed E-state index contributed by atoms with van der Waals surface area (Å²) in [6, 6.07) is -1.00. The van der Waals surface area contributed by atoms with Crippen molar-refractivity contribution in [2.45, 2.75) is 32.7 Å². The maximum absolute atomic E-state index is 11.3. The summed E-state index contributed by atoms with van der Waals surface area (Å²) < 4.78 is 4.50. The first-order valence-electron chi connectivity index (χ1n) is 4.62. The number of methoxy groups -OCH3 is 1. The maximum Gasteiger partial charge on any atom is 0.340 e. The van der Waals surface area contributed by atoms with Crippen LogP contribution >= 0.6 is 0 Å². The SMILES string of the molecule is CCCC(=[N+]=[N-])[C@H](NC(C)=O)C(=O)OC. The zero-order valence-electron chi connectivity index (χ0n) is 9.11. The van der Waals surface area contributed by atoms with E-state index in [4.69, 9.17) is 5.53 Å². The standard InChI is InChI=1S/C9H15N3O3/c1-4-5-7(12-10)8(9(14)15-3)11-6(2)13/h8H,4-5H2,1-3H3,(H,11,13)/t8-/m0/s1. The quantitative estimate of drug-likeness (QED) is 0.304. The molecule has 15 heavy (non-hydrogen) atoms. The Hall–Kier alpha value is -1.68. The van der Waals surface area contributed by atoms with Gasteiger partial charge in [-0.3, -0.25) is 4.79 Å². The van der Waals surface area contributed by atoms with E-state index in [1.807, 2.05) is 6.92 Å². The van der Waals surface area contributed by atoms with Gasteiger partial charge in [0.05, 0.1) is 7.11 Å². The second-order valence-electron chi connectivity index (χ2n) is 3.00. The van der Waals surface area contributed by atoms with E-state index in [9.17, 15) is 9.59 Å². The van der Waals surface area contributed by atoms with Crippen LogP contribution in [0.2, 0.25) is 0 Å². The zero-order valence-corrected chi connectivity index (χ0v) is 9.11. The van der Waals surface area contributed by atoms with Gasteiger partial charge in [0.25, 0.3) is 0 Å². The molecule has 0 fully saturated rings. The summed E-state index contributed by atoms with van der Waals surface area (Å²) in [5.74, 6) is -1.03. The number of amides is 1. The number of nitrogens with zero attached hydrogens (tertiary/aromatic N) is 2. The van der Waals surface area contributed by atoms with Crippen LogP contribution in [0.1, 0.15) is 26.7 Å². The summed E-state index contributed by atoms with van der Waals surface area (Å²) in [6.07, 6.45) is 1.11. The highest BCUT2D eigenvalue weighted by Gasteiger charge is 2.31. The molecule has 0 spiro atoms. The van der Waals surface area contributed by atoms with Crippen LogP contribution in [0.3, 0.4) is 0 Å². The first-order chi connectivity index (χ1) is 7.06. The van der Waals surface area contributed by atoms with Gasteiger partial charge in [0.1, 0.15) is 0 Å². The lowest BCUT2D eigenvalue weighted by molar-refractivity contribution is -0.144. The fourth-order valence-electron chi connectivity index (χ4n) is 1.11. The summed E-state index contributed by atoms with van der Waals surface area (Å²) in [7, 11) is 1.21. The van der Waals surface area contributed by atoms with E-state index in [1.54, 1.807) is 0 Å². The smallest absolute Gasteiger partial charge is 0.340 e. The van der Waals surface area contributed by atoms with Crippen molar-refractivity contribution in [3.05, 3.63) is 5.53 Å². The monoisotopic (exact) mass is 213 g/mol. The fourth-order valence-corrected chi connectivity index (χ4v) is 1.11. The second kappa shape index (κ2) is 6.73. The summed E-state index contributed by atoms with van der Waals surface area (Å²) in [5.41, 5.74) is 8.91. The van der Waals surface area contributed by atoms with E-state index in [0.717, 1.165) is 0 Å². The number of rotatable bonds is 5. The van der Waals surface area contributed by atoms with Crippen molar-refractivity contribution >= 4 is 17.6 Å². The number of hydrogen-bond acceptors (Lipinski definition) is 3. The minimum atomic E-state index is -1.00. The summed E-state index contributed by atoms with van der Waals surface area (Å²) in [5, 5.41) is 2.36. The molecular weight excluding hydrogens is 198 g/mol. The predicted molar refractivity (Wildman–Crippen MR) is 53.2 cm³/mol. The molecule has 0 aromatic rings. The van der Waals surface area contributed by atoms with Crippen LogP contribution in [-0.4, -0.2) is 35.5 Å². The van der Waals surface area contributed by atoms with E-state index >= 15 is 0 Å². The van der Waals surface area contributed by atoms with Crippen LogP contribution in [-0.2, 0) is 14.3 Å². The van der Waals surface area contributed by atoms with Gasteiger partial charge in [-0.1, -0.05) is 6.92 Å². The number of hydrogen-bond donors (Lipinski definition) is 1. The molecule has 6 heteroatoms. The summed E-state index contributed by atoms with van der Waals surface area (Å²) in [4.78, 5) is 25.1. The van der Waals surface area contributed by atoms with Crippen molar-refractivity contribution in [3.8, 4) is 0 Å². The third-order valence-electron chi connectivity index (χ3n) is 1.75. The van der Waals surface area contributed by atoms with E-state index in [0.29, 0.717) is 12.8 Å². The van der Waals surface area contributed by atoms with Crippen LogP contribution in [0.25, 0.3) is 5.53 Å². The lowest BCUT2D eigenvalue weighted by Gasteiger charge is -2.10. The number of carbonyl (C=O) groups is 2. The molecule has 0 radical (unpaired) electrons. The molecule has 6 nitrogen and oxygen atoms in total. The summed E-state index contributed by atoms with van der Waals surface area (Å²) >= 11 is 0. The lowest BCUT2D eigenvalue weighted by atomic mass is 10.1. The minimum absolute atomic E-state index is 0.194. The van der Waals surface area contributed by atoms with Crippen LogP contribution in [0.15, 0.2) is 0 Å². The van der Waals surface area contributed by atoms with Gasteiger partial charge in [-0.25, -0.2) is 4.79 Å². The van der Waals surface area contributed by atoms with Gasteiger partial charge < -0.3 is 15.6 Å². The number of esters is 1. The van der Waals surface area contributed by atoms with Crippen LogP contribution in [0.4, 0.5) is 0 Å². The topological polar surface area (TPSA) is 91.8 Å². The van der Waals surface area contributed by atoms with E-state index < -0.39 is 12.0 Å². The molecule has 0 aliphatic rings. The Morgan fingerprint density at radius 3 is 2.47 bits per heavy atom. The molecule has 84 valence electrons. The van der Waals surface area contributed by atoms with Gasteiger partial charge in [-0.2, -0.15) is 4.79 Å². The van der Waals surface area contributed by atoms with Gasteiger partial charge in [-0.05, 0) is 6.42 Å². The highest BCUT2D eigenvalue weighted by molar-refractivity contribution is 6.05. The average Bonchev–Trinajstić information content (AvgIpc) is 2.21. The molecule has 1 N–H and O–H groups in total. The molecule has 0 aromatic carbocycles. The first-order valence-corrected chi connectivity index (χ1v) is 4.62. The molecule has 0 aliphatic heterocycles. The van der Waals surface area contributed by atoms with Crippen molar-refractivity contribution in [1.29, 1.82) is 0 Å². The highest BCUT2D eigenvalue weighted by atomic mass is 16.5. The molecule has 0 heterocycles. The van der Waals surface area contributed by atoms with Crippen LogP contribution in [0, 0.1) is 0 Å². The Morgan fingerprint density at radius 2 is 2.13 bits per heavy atom. The van der Waals surface area contributed by atoms with Crippen molar-refractivity contribution in [2.75, 3.05) is 7.11 Å². The lowest BCUT2D eigenvalue weighted by Crippen LogP contribution is -2.46. The molecule has 0 saturated heterocycles. The molecule has 0 aromatic heterocycles. The average molecular weight is 213 g/mol. The van der Waals surface area contributed by atoms with Gasteiger partial charge in [0, 0.05) is 13.3 Å². The number of nitrogens with one attached hydrogen (secondary N) is 1. The van der Waals surface area contributed by atoms with Crippen molar-refractivity contribution in [1.82, 2.24) is 5.32 Å². The molecule has 0 rings (SSSR count). The molecular formula is C9H15N3O3. The Bertz CT molecular complexity index is 295. The first kappa shape index (κ1) is 13.3. The molecule has 1 atom stereocenters. The Balaban J connectivity index is 4.82. The van der Waals surface area contributed by atoms with Gasteiger partial charge in [0.2, 0.25) is 11.9 Å². The van der Waals surface area contributed by atoms with Crippen LogP contribution in [0.5, 0.6) is 0 Å². The zero-order chi connectivity index (χ0) is 11.8. The third-order valence-corrected chi connectivity index (χ3v) is 1.75.